The molecule has 2 aromatic rings. The van der Waals surface area contributed by atoms with Gasteiger partial charge in [0, 0.05) is 12.2 Å². The Morgan fingerprint density at radius 2 is 1.75 bits per heavy atom. The summed E-state index contributed by atoms with van der Waals surface area (Å²) in [6, 6.07) is 12.4. The molecule has 0 aliphatic heterocycles. The molecule has 3 N–H and O–H groups in total. The fourth-order valence-electron chi connectivity index (χ4n) is 2.45. The van der Waals surface area contributed by atoms with Crippen LogP contribution in [0, 0.1) is 12.8 Å². The van der Waals surface area contributed by atoms with E-state index < -0.39 is 11.8 Å². The molecule has 0 radical (unpaired) electrons. The number of benzene rings is 2. The van der Waals surface area contributed by atoms with Crippen molar-refractivity contribution in [2.24, 2.45) is 11.0 Å². The van der Waals surface area contributed by atoms with E-state index in [0.29, 0.717) is 29.3 Å². The van der Waals surface area contributed by atoms with Gasteiger partial charge in [0.15, 0.2) is 18.1 Å². The van der Waals surface area contributed by atoms with Crippen LogP contribution in [-0.2, 0) is 14.4 Å². The van der Waals surface area contributed by atoms with Crippen LogP contribution in [0.3, 0.4) is 0 Å². The Kier molecular flexibility index (Phi) is 9.22. The average Bonchev–Trinajstić information content (AvgIpc) is 2.77. The quantitative estimate of drug-likeness (QED) is 0.314. The highest BCUT2D eigenvalue weighted by molar-refractivity contribution is 6.35. The van der Waals surface area contributed by atoms with E-state index in [-0.39, 0.29) is 18.4 Å². The highest BCUT2D eigenvalue weighted by Crippen LogP contribution is 2.27. The molecule has 0 atom stereocenters. The minimum absolute atomic E-state index is 0.195. The van der Waals surface area contributed by atoms with E-state index >= 15 is 0 Å². The first kappa shape index (κ1) is 24.4. The SMILES string of the molecule is COc1cc(/C=N\NC(=O)C(=O)NCC(C)C)ccc1OCC(=O)Nc1ccc(C)cc1. The molecule has 0 fully saturated rings. The molecule has 170 valence electrons. The summed E-state index contributed by atoms with van der Waals surface area (Å²) in [7, 11) is 1.47. The third kappa shape index (κ3) is 8.10. The fourth-order valence-corrected chi connectivity index (χ4v) is 2.45. The number of anilines is 1. The Bertz CT molecular complexity index is 971. The van der Waals surface area contributed by atoms with E-state index in [1.165, 1.54) is 13.3 Å². The van der Waals surface area contributed by atoms with Gasteiger partial charge >= 0.3 is 11.8 Å². The van der Waals surface area contributed by atoms with Gasteiger partial charge < -0.3 is 20.1 Å². The van der Waals surface area contributed by atoms with Crippen LogP contribution >= 0.6 is 0 Å². The Labute approximate surface area is 187 Å². The highest BCUT2D eigenvalue weighted by atomic mass is 16.5. The Morgan fingerprint density at radius 1 is 1.03 bits per heavy atom. The van der Waals surface area contributed by atoms with E-state index in [1.54, 1.807) is 18.2 Å². The zero-order valence-electron chi connectivity index (χ0n) is 18.6. The number of carbonyl (C=O) groups excluding carboxylic acids is 3. The number of carbonyl (C=O) groups is 3. The molecule has 0 aliphatic carbocycles. The van der Waals surface area contributed by atoms with Crippen molar-refractivity contribution in [3.63, 3.8) is 0 Å². The highest BCUT2D eigenvalue weighted by Gasteiger charge is 2.12. The zero-order valence-corrected chi connectivity index (χ0v) is 18.6. The number of hydrogen-bond acceptors (Lipinski definition) is 6. The summed E-state index contributed by atoms with van der Waals surface area (Å²) in [6.45, 7) is 6.02. The zero-order chi connectivity index (χ0) is 23.5. The molecule has 9 nitrogen and oxygen atoms in total. The van der Waals surface area contributed by atoms with E-state index in [2.05, 4.69) is 21.2 Å². The molecule has 0 heterocycles. The van der Waals surface area contributed by atoms with Crippen LogP contribution in [-0.4, -0.2) is 44.2 Å². The summed E-state index contributed by atoms with van der Waals surface area (Å²) in [5.41, 5.74) is 4.55. The number of hydrogen-bond donors (Lipinski definition) is 3. The smallest absolute Gasteiger partial charge is 0.329 e. The van der Waals surface area contributed by atoms with Crippen LogP contribution in [0.4, 0.5) is 5.69 Å². The molecular formula is C23H28N4O5. The predicted molar refractivity (Wildman–Crippen MR) is 122 cm³/mol. The number of nitrogens with zero attached hydrogens (tertiary/aromatic N) is 1. The molecule has 2 rings (SSSR count). The van der Waals surface area contributed by atoms with Crippen LogP contribution in [0.25, 0.3) is 0 Å². The van der Waals surface area contributed by atoms with Crippen LogP contribution < -0.4 is 25.5 Å². The van der Waals surface area contributed by atoms with Gasteiger partial charge in [-0.05, 0) is 48.7 Å². The van der Waals surface area contributed by atoms with Crippen molar-refractivity contribution in [3.05, 3.63) is 53.6 Å². The lowest BCUT2D eigenvalue weighted by Gasteiger charge is -2.11. The summed E-state index contributed by atoms with van der Waals surface area (Å²) in [5, 5.41) is 9.03. The van der Waals surface area contributed by atoms with Gasteiger partial charge in [-0.1, -0.05) is 31.5 Å². The number of methoxy groups -OCH3 is 1. The third-order valence-corrected chi connectivity index (χ3v) is 4.14. The maximum Gasteiger partial charge on any atom is 0.329 e. The summed E-state index contributed by atoms with van der Waals surface area (Å²) in [4.78, 5) is 35.4. The van der Waals surface area contributed by atoms with E-state index in [0.717, 1.165) is 5.56 Å². The van der Waals surface area contributed by atoms with Gasteiger partial charge in [0.25, 0.3) is 5.91 Å². The topological polar surface area (TPSA) is 118 Å². The van der Waals surface area contributed by atoms with Crippen molar-refractivity contribution in [2.45, 2.75) is 20.8 Å². The monoisotopic (exact) mass is 440 g/mol. The second-order valence-corrected chi connectivity index (χ2v) is 7.42. The molecule has 0 saturated heterocycles. The van der Waals surface area contributed by atoms with Crippen LogP contribution in [0.5, 0.6) is 11.5 Å². The van der Waals surface area contributed by atoms with Gasteiger partial charge in [0.2, 0.25) is 0 Å². The predicted octanol–water partition coefficient (Wildman–Crippen LogP) is 2.24. The summed E-state index contributed by atoms with van der Waals surface area (Å²) in [5.74, 6) is -0.912. The van der Waals surface area contributed by atoms with Crippen LogP contribution in [0.2, 0.25) is 0 Å². The van der Waals surface area contributed by atoms with Gasteiger partial charge in [-0.25, -0.2) is 5.43 Å². The standard InChI is InChI=1S/C23H28N4O5/c1-15(2)12-24-22(29)23(30)27-25-13-17-7-10-19(20(11-17)31-4)32-14-21(28)26-18-8-5-16(3)6-9-18/h5-11,13,15H,12,14H2,1-4H3,(H,24,29)(H,26,28)(H,27,30)/b25-13-. The van der Waals surface area contributed by atoms with Gasteiger partial charge in [0.05, 0.1) is 13.3 Å². The number of ether oxygens (including phenoxy) is 2. The third-order valence-electron chi connectivity index (χ3n) is 4.14. The number of aryl methyl sites for hydroxylation is 1. The molecule has 0 aromatic heterocycles. The molecule has 0 aliphatic rings. The van der Waals surface area contributed by atoms with Crippen LogP contribution in [0.15, 0.2) is 47.6 Å². The summed E-state index contributed by atoms with van der Waals surface area (Å²) >= 11 is 0. The minimum Gasteiger partial charge on any atom is -0.493 e. The summed E-state index contributed by atoms with van der Waals surface area (Å²) in [6.07, 6.45) is 1.37. The van der Waals surface area contributed by atoms with Crippen molar-refractivity contribution in [1.29, 1.82) is 0 Å². The molecule has 2 aromatic carbocycles. The van der Waals surface area contributed by atoms with Gasteiger partial charge in [-0.15, -0.1) is 0 Å². The molecule has 0 unspecified atom stereocenters. The normalized spacial score (nSPS) is 10.7. The molecule has 0 bridgehead atoms. The first-order chi connectivity index (χ1) is 15.3. The Morgan fingerprint density at radius 3 is 2.41 bits per heavy atom. The number of amides is 3. The lowest BCUT2D eigenvalue weighted by atomic mass is 10.2. The van der Waals surface area contributed by atoms with Gasteiger partial charge in [-0.2, -0.15) is 5.10 Å². The van der Waals surface area contributed by atoms with E-state index in [4.69, 9.17) is 9.47 Å². The Balaban J connectivity index is 1.89. The van der Waals surface area contributed by atoms with Gasteiger partial charge in [0.1, 0.15) is 0 Å². The van der Waals surface area contributed by atoms with Crippen molar-refractivity contribution >= 4 is 29.6 Å². The molecule has 0 spiro atoms. The molecular weight excluding hydrogens is 412 g/mol. The lowest BCUT2D eigenvalue weighted by molar-refractivity contribution is -0.139. The average molecular weight is 441 g/mol. The lowest BCUT2D eigenvalue weighted by Crippen LogP contribution is -2.39. The first-order valence-electron chi connectivity index (χ1n) is 10.1. The maximum absolute atomic E-state index is 12.1. The summed E-state index contributed by atoms with van der Waals surface area (Å²) < 4.78 is 10.9. The number of rotatable bonds is 9. The van der Waals surface area contributed by atoms with E-state index in [9.17, 15) is 14.4 Å². The van der Waals surface area contributed by atoms with Gasteiger partial charge in [-0.3, -0.25) is 14.4 Å². The molecule has 0 saturated carbocycles. The van der Waals surface area contributed by atoms with Crippen molar-refractivity contribution in [3.8, 4) is 11.5 Å². The number of nitrogens with one attached hydrogen (secondary N) is 3. The fraction of sp³-hybridized carbons (Fsp3) is 0.304. The second-order valence-electron chi connectivity index (χ2n) is 7.42. The Hall–Kier alpha value is -3.88. The van der Waals surface area contributed by atoms with Crippen molar-refractivity contribution < 1.29 is 23.9 Å². The number of hydrazone groups is 1. The van der Waals surface area contributed by atoms with Crippen molar-refractivity contribution in [1.82, 2.24) is 10.7 Å². The first-order valence-corrected chi connectivity index (χ1v) is 10.1. The largest absolute Gasteiger partial charge is 0.493 e. The molecule has 32 heavy (non-hydrogen) atoms. The maximum atomic E-state index is 12.1. The molecule has 3 amide bonds. The van der Waals surface area contributed by atoms with Crippen molar-refractivity contribution in [2.75, 3.05) is 25.6 Å². The van der Waals surface area contributed by atoms with E-state index in [1.807, 2.05) is 45.0 Å². The second kappa shape index (κ2) is 12.1. The van der Waals surface area contributed by atoms with Crippen LogP contribution in [0.1, 0.15) is 25.0 Å². The molecule has 9 heteroatoms. The minimum atomic E-state index is -0.853.